The molecule has 20 heavy (non-hydrogen) atoms. The Morgan fingerprint density at radius 3 is 2.50 bits per heavy atom. The molecule has 0 amide bonds. The molecule has 1 aromatic carbocycles. The normalized spacial score (nSPS) is 14.9. The fourth-order valence-corrected chi connectivity index (χ4v) is 2.94. The van der Waals surface area contributed by atoms with Crippen LogP contribution in [0.3, 0.4) is 0 Å². The lowest BCUT2D eigenvalue weighted by molar-refractivity contribution is 0.509. The lowest BCUT2D eigenvalue weighted by Crippen LogP contribution is -2.21. The molecule has 0 bridgehead atoms. The van der Waals surface area contributed by atoms with E-state index in [4.69, 9.17) is 16.7 Å². The molecule has 2 heterocycles. The Morgan fingerprint density at radius 2 is 1.85 bits per heavy atom. The zero-order valence-corrected chi connectivity index (χ0v) is 13.2. The summed E-state index contributed by atoms with van der Waals surface area (Å²) in [5.41, 5.74) is 2.02. The van der Waals surface area contributed by atoms with Crippen LogP contribution in [0.2, 0.25) is 5.02 Å². The van der Waals surface area contributed by atoms with E-state index in [0.717, 1.165) is 33.0 Å². The number of hydrogen-bond acceptors (Lipinski definition) is 4. The fourth-order valence-electron chi connectivity index (χ4n) is 1.98. The first-order valence-corrected chi connectivity index (χ1v) is 7.74. The van der Waals surface area contributed by atoms with Gasteiger partial charge in [0.25, 0.3) is 0 Å². The predicted molar refractivity (Wildman–Crippen MR) is 82.8 cm³/mol. The molecular weight excluding hydrogens is 292 g/mol. The molecule has 0 unspecified atom stereocenters. The van der Waals surface area contributed by atoms with Crippen molar-refractivity contribution >= 4 is 29.1 Å². The van der Waals surface area contributed by atoms with E-state index < -0.39 is 0 Å². The van der Waals surface area contributed by atoms with Crippen LogP contribution in [0.15, 0.2) is 34.5 Å². The quantitative estimate of drug-likeness (QED) is 0.808. The average molecular weight is 307 g/mol. The van der Waals surface area contributed by atoms with Crippen molar-refractivity contribution in [3.05, 3.63) is 40.7 Å². The van der Waals surface area contributed by atoms with Crippen LogP contribution in [-0.2, 0) is 5.41 Å². The first kappa shape index (κ1) is 13.6. The molecular formula is C14H15ClN4S. The van der Waals surface area contributed by atoms with Crippen LogP contribution >= 0.6 is 23.4 Å². The van der Waals surface area contributed by atoms with Crippen LogP contribution in [0.5, 0.6) is 0 Å². The highest BCUT2D eigenvalue weighted by Crippen LogP contribution is 2.29. The van der Waals surface area contributed by atoms with E-state index in [9.17, 15) is 0 Å². The van der Waals surface area contributed by atoms with Gasteiger partial charge in [-0.2, -0.15) is 9.78 Å². The highest BCUT2D eigenvalue weighted by molar-refractivity contribution is 7.99. The molecule has 0 radical (unpaired) electrons. The Kier molecular flexibility index (Phi) is 3.34. The van der Waals surface area contributed by atoms with Crippen LogP contribution in [0, 0.1) is 0 Å². The van der Waals surface area contributed by atoms with Gasteiger partial charge in [-0.05, 0) is 17.7 Å². The van der Waals surface area contributed by atoms with E-state index >= 15 is 0 Å². The Labute approximate surface area is 127 Å². The van der Waals surface area contributed by atoms with Crippen molar-refractivity contribution in [1.29, 1.82) is 0 Å². The van der Waals surface area contributed by atoms with Crippen molar-refractivity contribution < 1.29 is 0 Å². The Balaban J connectivity index is 2.05. The monoisotopic (exact) mass is 306 g/mol. The zero-order valence-electron chi connectivity index (χ0n) is 11.6. The molecule has 104 valence electrons. The minimum absolute atomic E-state index is 0.0856. The van der Waals surface area contributed by atoms with Crippen molar-refractivity contribution in [2.24, 2.45) is 5.10 Å². The van der Waals surface area contributed by atoms with Crippen molar-refractivity contribution in [2.75, 3.05) is 5.75 Å². The predicted octanol–water partition coefficient (Wildman–Crippen LogP) is 3.59. The summed E-state index contributed by atoms with van der Waals surface area (Å²) in [6, 6.07) is 7.76. The van der Waals surface area contributed by atoms with E-state index in [1.807, 2.05) is 28.9 Å². The highest BCUT2D eigenvalue weighted by Gasteiger charge is 2.27. The Bertz CT molecular complexity index is 667. The van der Waals surface area contributed by atoms with Crippen molar-refractivity contribution in [1.82, 2.24) is 14.9 Å². The SMILES string of the molecule is CC(C)(C)c1nnc2n1N=C(c1ccc(Cl)cc1)CS2. The molecule has 0 spiro atoms. The maximum atomic E-state index is 5.93. The van der Waals surface area contributed by atoms with Crippen LogP contribution < -0.4 is 0 Å². The maximum absolute atomic E-state index is 5.93. The molecule has 2 aromatic rings. The second-order valence-corrected chi connectivity index (χ2v) is 7.09. The first-order valence-electron chi connectivity index (χ1n) is 6.37. The first-order chi connectivity index (χ1) is 9.45. The number of nitrogens with zero attached hydrogens (tertiary/aromatic N) is 4. The molecule has 0 fully saturated rings. The molecule has 4 nitrogen and oxygen atoms in total. The van der Waals surface area contributed by atoms with E-state index in [1.165, 1.54) is 0 Å². The minimum Gasteiger partial charge on any atom is -0.191 e. The third-order valence-electron chi connectivity index (χ3n) is 3.02. The number of fused-ring (bicyclic) bond motifs is 1. The van der Waals surface area contributed by atoms with Gasteiger partial charge in [-0.3, -0.25) is 0 Å². The van der Waals surface area contributed by atoms with Crippen LogP contribution in [0.25, 0.3) is 0 Å². The summed E-state index contributed by atoms with van der Waals surface area (Å²) in [4.78, 5) is 0. The van der Waals surface area contributed by atoms with Gasteiger partial charge >= 0.3 is 0 Å². The summed E-state index contributed by atoms with van der Waals surface area (Å²) in [6.45, 7) is 6.34. The molecule has 1 aromatic heterocycles. The summed E-state index contributed by atoms with van der Waals surface area (Å²) in [5, 5.41) is 14.8. The minimum atomic E-state index is -0.0856. The number of benzene rings is 1. The van der Waals surface area contributed by atoms with Crippen LogP contribution in [-0.4, -0.2) is 26.3 Å². The van der Waals surface area contributed by atoms with Crippen LogP contribution in [0.4, 0.5) is 0 Å². The van der Waals surface area contributed by atoms with Gasteiger partial charge in [0.05, 0.1) is 5.71 Å². The van der Waals surface area contributed by atoms with Gasteiger partial charge in [-0.1, -0.05) is 56.3 Å². The average Bonchev–Trinajstić information content (AvgIpc) is 2.82. The van der Waals surface area contributed by atoms with E-state index in [0.29, 0.717) is 0 Å². The van der Waals surface area contributed by atoms with Crippen LogP contribution in [0.1, 0.15) is 32.2 Å². The van der Waals surface area contributed by atoms with Crippen molar-refractivity contribution in [3.63, 3.8) is 0 Å². The van der Waals surface area contributed by atoms with Gasteiger partial charge in [0.2, 0.25) is 5.16 Å². The van der Waals surface area contributed by atoms with Crippen molar-refractivity contribution in [2.45, 2.75) is 31.3 Å². The largest absolute Gasteiger partial charge is 0.212 e. The van der Waals surface area contributed by atoms with Gasteiger partial charge in [0, 0.05) is 16.2 Å². The second-order valence-electron chi connectivity index (χ2n) is 5.71. The second kappa shape index (κ2) is 4.90. The lowest BCUT2D eigenvalue weighted by Gasteiger charge is -2.19. The van der Waals surface area contributed by atoms with Gasteiger partial charge in [-0.25, -0.2) is 0 Å². The summed E-state index contributed by atoms with van der Waals surface area (Å²) in [6.07, 6.45) is 0. The third-order valence-corrected chi connectivity index (χ3v) is 4.20. The Hall–Kier alpha value is -1.33. The molecule has 0 aliphatic carbocycles. The number of halogens is 1. The molecule has 0 saturated heterocycles. The molecule has 0 atom stereocenters. The van der Waals surface area contributed by atoms with E-state index in [2.05, 4.69) is 31.0 Å². The highest BCUT2D eigenvalue weighted by atomic mass is 35.5. The number of aromatic nitrogens is 3. The molecule has 1 aliphatic rings. The third kappa shape index (κ3) is 2.47. The maximum Gasteiger partial charge on any atom is 0.212 e. The van der Waals surface area contributed by atoms with E-state index in [-0.39, 0.29) is 5.41 Å². The summed E-state index contributed by atoms with van der Waals surface area (Å²) < 4.78 is 1.86. The fraction of sp³-hybridized carbons (Fsp3) is 0.357. The zero-order chi connectivity index (χ0) is 14.3. The molecule has 1 aliphatic heterocycles. The molecule has 3 rings (SSSR count). The number of hydrogen-bond donors (Lipinski definition) is 0. The van der Waals surface area contributed by atoms with Gasteiger partial charge < -0.3 is 0 Å². The van der Waals surface area contributed by atoms with Crippen molar-refractivity contribution in [3.8, 4) is 0 Å². The summed E-state index contributed by atoms with van der Waals surface area (Å²) >= 11 is 7.59. The molecule has 0 N–H and O–H groups in total. The van der Waals surface area contributed by atoms with Gasteiger partial charge in [-0.15, -0.1) is 10.2 Å². The summed E-state index contributed by atoms with van der Waals surface area (Å²) in [5.74, 6) is 1.68. The van der Waals surface area contributed by atoms with E-state index in [1.54, 1.807) is 11.8 Å². The molecule has 6 heteroatoms. The standard InChI is InChI=1S/C14H15ClN4S/c1-14(2,3)12-16-17-13-19(12)18-11(8-20-13)9-4-6-10(15)7-5-9/h4-7H,8H2,1-3H3. The van der Waals surface area contributed by atoms with Gasteiger partial charge in [0.15, 0.2) is 5.82 Å². The number of thioether (sulfide) groups is 1. The lowest BCUT2D eigenvalue weighted by atomic mass is 9.96. The summed E-state index contributed by atoms with van der Waals surface area (Å²) in [7, 11) is 0. The number of rotatable bonds is 1. The van der Waals surface area contributed by atoms with Gasteiger partial charge in [0.1, 0.15) is 0 Å². The smallest absolute Gasteiger partial charge is 0.191 e. The Morgan fingerprint density at radius 1 is 1.15 bits per heavy atom. The molecule has 0 saturated carbocycles. The topological polar surface area (TPSA) is 43.1 Å².